The third-order valence-electron chi connectivity index (χ3n) is 6.83. The Morgan fingerprint density at radius 1 is 0.707 bits per heavy atom. The predicted octanol–water partition coefficient (Wildman–Crippen LogP) is 6.12. The van der Waals surface area contributed by atoms with Crippen LogP contribution in [0.25, 0.3) is 0 Å². The van der Waals surface area contributed by atoms with Crippen molar-refractivity contribution in [2.45, 2.75) is 70.8 Å². The molecule has 1 aliphatic heterocycles. The summed E-state index contributed by atoms with van der Waals surface area (Å²) in [6.45, 7) is 6.27. The van der Waals surface area contributed by atoms with Crippen molar-refractivity contribution in [2.24, 2.45) is 0 Å². The molecule has 8 nitrogen and oxygen atoms in total. The molecular formula is C32H41O8P. The summed E-state index contributed by atoms with van der Waals surface area (Å²) >= 11 is 0. The summed E-state index contributed by atoms with van der Waals surface area (Å²) in [5, 5.41) is 12.1. The molecule has 1 heterocycles. The molecule has 41 heavy (non-hydrogen) atoms. The van der Waals surface area contributed by atoms with Crippen LogP contribution in [0, 0.1) is 0 Å². The molecule has 0 radical (unpaired) electrons. The van der Waals surface area contributed by atoms with E-state index >= 15 is 0 Å². The van der Waals surface area contributed by atoms with Gasteiger partial charge in [-0.15, -0.1) is 0 Å². The van der Waals surface area contributed by atoms with Crippen LogP contribution in [0.4, 0.5) is 0 Å². The van der Waals surface area contributed by atoms with Gasteiger partial charge in [0.05, 0.1) is 39.1 Å². The number of benzene rings is 3. The third-order valence-corrected chi connectivity index (χ3v) is 8.98. The quantitative estimate of drug-likeness (QED) is 0.214. The highest BCUT2D eigenvalue weighted by molar-refractivity contribution is 7.53. The molecular weight excluding hydrogens is 543 g/mol. The zero-order valence-electron chi connectivity index (χ0n) is 24.0. The van der Waals surface area contributed by atoms with E-state index in [0.29, 0.717) is 6.61 Å². The van der Waals surface area contributed by atoms with Crippen molar-refractivity contribution in [3.63, 3.8) is 0 Å². The Kier molecular flexibility index (Phi) is 11.7. The van der Waals surface area contributed by atoms with Gasteiger partial charge < -0.3 is 33.1 Å². The van der Waals surface area contributed by atoms with Crippen LogP contribution in [0.2, 0.25) is 0 Å². The molecule has 3 aromatic rings. The maximum atomic E-state index is 13.7. The second-order valence-corrected chi connectivity index (χ2v) is 12.1. The number of hydrogen-bond donors (Lipinski definition) is 1. The zero-order valence-corrected chi connectivity index (χ0v) is 24.9. The lowest BCUT2D eigenvalue weighted by Gasteiger charge is -2.50. The lowest BCUT2D eigenvalue weighted by molar-refractivity contribution is -0.355. The number of rotatable bonds is 15. The summed E-state index contributed by atoms with van der Waals surface area (Å²) in [7, 11) is -3.75. The van der Waals surface area contributed by atoms with Gasteiger partial charge in [-0.25, -0.2) is 0 Å². The third kappa shape index (κ3) is 8.80. The molecule has 0 unspecified atom stereocenters. The van der Waals surface area contributed by atoms with Crippen molar-refractivity contribution >= 4 is 7.60 Å². The highest BCUT2D eigenvalue weighted by Gasteiger charge is 2.58. The number of aliphatic hydroxyl groups is 1. The molecule has 1 saturated heterocycles. The van der Waals surface area contributed by atoms with Crippen LogP contribution in [0.3, 0.4) is 0 Å². The Labute approximate surface area is 243 Å². The van der Waals surface area contributed by atoms with Gasteiger partial charge in [-0.05, 0) is 37.5 Å². The van der Waals surface area contributed by atoms with E-state index in [4.69, 9.17) is 28.0 Å². The molecule has 222 valence electrons. The van der Waals surface area contributed by atoms with Gasteiger partial charge in [-0.2, -0.15) is 0 Å². The summed E-state index contributed by atoms with van der Waals surface area (Å²) in [5.41, 5.74) is 2.84. The average Bonchev–Trinajstić information content (AvgIpc) is 2.96. The van der Waals surface area contributed by atoms with Crippen molar-refractivity contribution < 1.29 is 37.7 Å². The van der Waals surface area contributed by atoms with Gasteiger partial charge in [-0.3, -0.25) is 4.57 Å². The first-order valence-electron chi connectivity index (χ1n) is 14.1. The molecule has 0 saturated carbocycles. The highest BCUT2D eigenvalue weighted by Crippen LogP contribution is 2.53. The van der Waals surface area contributed by atoms with Gasteiger partial charge in [-0.1, -0.05) is 91.0 Å². The van der Waals surface area contributed by atoms with Crippen LogP contribution < -0.4 is 0 Å². The number of hydrogen-bond acceptors (Lipinski definition) is 8. The molecule has 5 atom stereocenters. The summed E-state index contributed by atoms with van der Waals surface area (Å²) in [6, 6.07) is 29.2. The molecule has 0 spiro atoms. The fraction of sp³-hybridized carbons (Fsp3) is 0.438. The van der Waals surface area contributed by atoms with Gasteiger partial charge in [0, 0.05) is 0 Å². The second-order valence-electron chi connectivity index (χ2n) is 10.0. The average molecular weight is 585 g/mol. The van der Waals surface area contributed by atoms with Gasteiger partial charge in [0.25, 0.3) is 0 Å². The lowest BCUT2D eigenvalue weighted by atomic mass is 9.93. The van der Waals surface area contributed by atoms with E-state index in [2.05, 4.69) is 0 Å². The molecule has 0 amide bonds. The lowest BCUT2D eigenvalue weighted by Crippen LogP contribution is -2.67. The molecule has 0 bridgehead atoms. The van der Waals surface area contributed by atoms with Gasteiger partial charge in [0.2, 0.25) is 5.79 Å². The van der Waals surface area contributed by atoms with Crippen LogP contribution >= 0.6 is 7.60 Å². The van der Waals surface area contributed by atoms with E-state index in [-0.39, 0.29) is 26.4 Å². The monoisotopic (exact) mass is 584 g/mol. The first-order chi connectivity index (χ1) is 19.9. The molecule has 1 fully saturated rings. The number of ether oxygens (including phenoxy) is 4. The standard InChI is InChI=1S/C32H41O8P/c1-4-38-41(34,39-5-2)24-32(33)31(37-23-28-19-13-8-14-20-28)30(36-22-27-17-11-7-12-18-27)29(25(3)40-32)35-21-26-15-9-6-10-16-26/h6-20,25,29-31,33H,4-5,21-24H2,1-3H3/t25-,29-,30+,31+,32+/m0/s1. The molecule has 9 heteroatoms. The Hall–Kier alpha value is -2.39. The van der Waals surface area contributed by atoms with E-state index in [9.17, 15) is 9.67 Å². The maximum absolute atomic E-state index is 13.7. The smallest absolute Gasteiger partial charge is 0.336 e. The van der Waals surface area contributed by atoms with Crippen molar-refractivity contribution in [1.82, 2.24) is 0 Å². The van der Waals surface area contributed by atoms with Crippen molar-refractivity contribution in [2.75, 3.05) is 19.4 Å². The van der Waals surface area contributed by atoms with E-state index in [1.165, 1.54) is 0 Å². The largest absolute Gasteiger partial charge is 0.368 e. The fourth-order valence-electron chi connectivity index (χ4n) is 5.01. The SMILES string of the molecule is CCOP(=O)(C[C@@]1(O)O[C@@H](C)[C@H](OCc2ccccc2)[C@@H](OCc2ccccc2)[C@H]1OCc1ccccc1)OCC. The molecule has 3 aromatic carbocycles. The minimum Gasteiger partial charge on any atom is -0.368 e. The van der Waals surface area contributed by atoms with Crippen LogP contribution in [-0.4, -0.2) is 54.7 Å². The molecule has 0 aliphatic carbocycles. The van der Waals surface area contributed by atoms with Crippen molar-refractivity contribution in [3.8, 4) is 0 Å². The summed E-state index contributed by atoms with van der Waals surface area (Å²) in [5.74, 6) is -2.05. The topological polar surface area (TPSA) is 92.7 Å². The van der Waals surface area contributed by atoms with E-state index < -0.39 is 44.0 Å². The first-order valence-corrected chi connectivity index (χ1v) is 15.8. The van der Waals surface area contributed by atoms with Crippen molar-refractivity contribution in [3.05, 3.63) is 108 Å². The normalized spacial score (nSPS) is 24.8. The minimum absolute atomic E-state index is 0.148. The summed E-state index contributed by atoms with van der Waals surface area (Å²) < 4.78 is 50.3. The predicted molar refractivity (Wildman–Crippen MR) is 156 cm³/mol. The van der Waals surface area contributed by atoms with Gasteiger partial charge in [0.15, 0.2) is 0 Å². The van der Waals surface area contributed by atoms with Crippen LogP contribution in [0.1, 0.15) is 37.5 Å². The summed E-state index contributed by atoms with van der Waals surface area (Å²) in [4.78, 5) is 0. The van der Waals surface area contributed by atoms with Crippen LogP contribution in [-0.2, 0) is 52.4 Å². The van der Waals surface area contributed by atoms with Gasteiger partial charge >= 0.3 is 7.60 Å². The molecule has 0 aromatic heterocycles. The molecule has 1 aliphatic rings. The fourth-order valence-corrected chi connectivity index (χ4v) is 6.86. The van der Waals surface area contributed by atoms with E-state index in [1.807, 2.05) is 91.0 Å². The molecule has 1 N–H and O–H groups in total. The van der Waals surface area contributed by atoms with Gasteiger partial charge in [0.1, 0.15) is 24.5 Å². The molecule has 4 rings (SSSR count). The second kappa shape index (κ2) is 15.2. The van der Waals surface area contributed by atoms with Crippen LogP contribution in [0.15, 0.2) is 91.0 Å². The van der Waals surface area contributed by atoms with E-state index in [0.717, 1.165) is 16.7 Å². The minimum atomic E-state index is -3.75. The van der Waals surface area contributed by atoms with E-state index in [1.54, 1.807) is 20.8 Å². The Bertz CT molecular complexity index is 1200. The highest BCUT2D eigenvalue weighted by atomic mass is 31.2. The first kappa shape index (κ1) is 31.5. The van der Waals surface area contributed by atoms with Crippen molar-refractivity contribution in [1.29, 1.82) is 0 Å². The Balaban J connectivity index is 1.68. The Morgan fingerprint density at radius 2 is 1.12 bits per heavy atom. The zero-order chi connectivity index (χ0) is 29.1. The van der Waals surface area contributed by atoms with Crippen LogP contribution in [0.5, 0.6) is 0 Å². The summed E-state index contributed by atoms with van der Waals surface area (Å²) in [6.07, 6.45) is -3.55. The maximum Gasteiger partial charge on any atom is 0.336 e. The Morgan fingerprint density at radius 3 is 1.56 bits per heavy atom.